The van der Waals surface area contributed by atoms with Crippen LogP contribution in [-0.4, -0.2) is 60.6 Å². The van der Waals surface area contributed by atoms with E-state index in [0.717, 1.165) is 45.3 Å². The highest BCUT2D eigenvalue weighted by atomic mass is 19.1. The first-order valence-corrected chi connectivity index (χ1v) is 9.40. The highest BCUT2D eigenvalue weighted by molar-refractivity contribution is 5.25. The van der Waals surface area contributed by atoms with Crippen LogP contribution in [0.25, 0.3) is 0 Å². The fraction of sp³-hybridized carbons (Fsp3) is 0.700. The zero-order chi connectivity index (χ0) is 18.2. The molecule has 1 aromatic rings. The molecule has 25 heavy (non-hydrogen) atoms. The van der Waals surface area contributed by atoms with E-state index in [-0.39, 0.29) is 11.5 Å². The Morgan fingerprint density at radius 3 is 2.60 bits per heavy atom. The van der Waals surface area contributed by atoms with Crippen molar-refractivity contribution in [3.8, 4) is 0 Å². The number of nitrogens with one attached hydrogen (secondary N) is 1. The van der Waals surface area contributed by atoms with Crippen LogP contribution in [0.1, 0.15) is 39.2 Å². The molecule has 2 fully saturated rings. The van der Waals surface area contributed by atoms with Gasteiger partial charge in [-0.1, -0.05) is 6.07 Å². The molecule has 1 N–H and O–H groups in total. The molecule has 2 aliphatic rings. The first kappa shape index (κ1) is 18.7. The molecule has 3 nitrogen and oxygen atoms in total. The number of hydrogen-bond acceptors (Lipinski definition) is 3. The van der Waals surface area contributed by atoms with E-state index in [0.29, 0.717) is 17.5 Å². The van der Waals surface area contributed by atoms with Crippen molar-refractivity contribution in [2.24, 2.45) is 5.92 Å². The normalized spacial score (nSPS) is 29.3. The van der Waals surface area contributed by atoms with Gasteiger partial charge in [0.15, 0.2) is 0 Å². The highest BCUT2D eigenvalue weighted by Crippen LogP contribution is 2.38. The Kier molecular flexibility index (Phi) is 5.47. The lowest BCUT2D eigenvalue weighted by Crippen LogP contribution is -2.51. The van der Waals surface area contributed by atoms with E-state index in [2.05, 4.69) is 42.8 Å². The second-order valence-corrected chi connectivity index (χ2v) is 8.66. The quantitative estimate of drug-likeness (QED) is 0.903. The molecular weight excluding hydrogens is 320 g/mol. The molecule has 3 atom stereocenters. The Morgan fingerprint density at radius 1 is 1.20 bits per heavy atom. The molecule has 140 valence electrons. The first-order chi connectivity index (χ1) is 11.8. The van der Waals surface area contributed by atoms with Gasteiger partial charge in [0, 0.05) is 62.8 Å². The number of halogens is 2. The summed E-state index contributed by atoms with van der Waals surface area (Å²) in [6, 6.07) is 4.56. The van der Waals surface area contributed by atoms with Gasteiger partial charge in [0.2, 0.25) is 0 Å². The third-order valence-electron chi connectivity index (χ3n) is 5.86. The zero-order valence-corrected chi connectivity index (χ0v) is 15.9. The Balaban J connectivity index is 1.83. The Hall–Kier alpha value is -1.04. The Bertz CT molecular complexity index is 599. The number of hydrogen-bond donors (Lipinski definition) is 1. The fourth-order valence-corrected chi connectivity index (χ4v) is 4.21. The van der Waals surface area contributed by atoms with E-state index in [1.54, 1.807) is 6.07 Å². The van der Waals surface area contributed by atoms with Crippen LogP contribution in [0.2, 0.25) is 0 Å². The van der Waals surface area contributed by atoms with Gasteiger partial charge in [-0.3, -0.25) is 9.80 Å². The number of nitrogens with zero attached hydrogens (tertiary/aromatic N) is 2. The van der Waals surface area contributed by atoms with Crippen molar-refractivity contribution in [2.45, 2.75) is 45.2 Å². The maximum atomic E-state index is 14.5. The van der Waals surface area contributed by atoms with Gasteiger partial charge in [0.25, 0.3) is 0 Å². The monoisotopic (exact) mass is 351 g/mol. The molecule has 0 unspecified atom stereocenters. The molecular formula is C20H31F2N3. The maximum Gasteiger partial charge on any atom is 0.129 e. The minimum Gasteiger partial charge on any atom is -0.314 e. The first-order valence-electron chi connectivity index (χ1n) is 9.40. The summed E-state index contributed by atoms with van der Waals surface area (Å²) in [6.07, 6.45) is 0. The summed E-state index contributed by atoms with van der Waals surface area (Å²) in [5.74, 6) is -0.431. The SMILES string of the molecule is C[C@H]1CNCCN1C[C@H]1CN(C(C)(C)C)C[C@H]1c1ccc(F)cc1F. The predicted molar refractivity (Wildman–Crippen MR) is 97.8 cm³/mol. The van der Waals surface area contributed by atoms with Crippen LogP contribution in [0.5, 0.6) is 0 Å². The molecule has 0 spiro atoms. The molecule has 0 amide bonds. The Morgan fingerprint density at radius 2 is 1.96 bits per heavy atom. The van der Waals surface area contributed by atoms with Gasteiger partial charge in [-0.25, -0.2) is 8.78 Å². The molecule has 0 bridgehead atoms. The topological polar surface area (TPSA) is 18.5 Å². The van der Waals surface area contributed by atoms with Gasteiger partial charge in [0.05, 0.1) is 0 Å². The third-order valence-corrected chi connectivity index (χ3v) is 5.86. The average Bonchev–Trinajstić information content (AvgIpc) is 2.93. The minimum atomic E-state index is -0.501. The lowest BCUT2D eigenvalue weighted by atomic mass is 9.87. The lowest BCUT2D eigenvalue weighted by molar-refractivity contribution is 0.131. The van der Waals surface area contributed by atoms with Gasteiger partial charge < -0.3 is 5.32 Å². The Labute approximate surface area is 150 Å². The van der Waals surface area contributed by atoms with Crippen LogP contribution in [0.3, 0.4) is 0 Å². The van der Waals surface area contributed by atoms with Crippen LogP contribution >= 0.6 is 0 Å². The van der Waals surface area contributed by atoms with E-state index < -0.39 is 11.6 Å². The van der Waals surface area contributed by atoms with Crippen LogP contribution < -0.4 is 5.32 Å². The van der Waals surface area contributed by atoms with Crippen LogP contribution in [-0.2, 0) is 0 Å². The van der Waals surface area contributed by atoms with E-state index >= 15 is 0 Å². The van der Waals surface area contributed by atoms with Gasteiger partial charge in [-0.05, 0) is 45.2 Å². The van der Waals surface area contributed by atoms with Gasteiger partial charge >= 0.3 is 0 Å². The van der Waals surface area contributed by atoms with Crippen LogP contribution in [0.15, 0.2) is 18.2 Å². The standard InChI is InChI=1S/C20H31F2N3/c1-14-10-23-7-8-24(14)11-15-12-25(20(2,3)4)13-18(15)17-6-5-16(21)9-19(17)22/h5-6,9,14-15,18,23H,7-8,10-13H2,1-4H3/t14-,15-,18+/m0/s1. The summed E-state index contributed by atoms with van der Waals surface area (Å²) in [5, 5.41) is 3.43. The molecule has 3 rings (SSSR count). The molecule has 1 aromatic carbocycles. The summed E-state index contributed by atoms with van der Waals surface area (Å²) in [4.78, 5) is 4.96. The fourth-order valence-electron chi connectivity index (χ4n) is 4.21. The summed E-state index contributed by atoms with van der Waals surface area (Å²) in [7, 11) is 0. The van der Waals surface area contributed by atoms with E-state index in [9.17, 15) is 8.78 Å². The van der Waals surface area contributed by atoms with Crippen molar-refractivity contribution >= 4 is 0 Å². The summed E-state index contributed by atoms with van der Waals surface area (Å²) in [5.41, 5.74) is 0.722. The summed E-state index contributed by atoms with van der Waals surface area (Å²) in [6.45, 7) is 14.7. The van der Waals surface area contributed by atoms with Crippen LogP contribution in [0.4, 0.5) is 8.78 Å². The second kappa shape index (κ2) is 7.29. The highest BCUT2D eigenvalue weighted by Gasteiger charge is 2.40. The van der Waals surface area contributed by atoms with Crippen molar-refractivity contribution < 1.29 is 8.78 Å². The number of rotatable bonds is 3. The molecule has 2 heterocycles. The lowest BCUT2D eigenvalue weighted by Gasteiger charge is -2.37. The average molecular weight is 351 g/mol. The van der Waals surface area contributed by atoms with Crippen LogP contribution in [0, 0.1) is 17.6 Å². The third kappa shape index (κ3) is 4.21. The van der Waals surface area contributed by atoms with Crippen molar-refractivity contribution in [1.29, 1.82) is 0 Å². The minimum absolute atomic E-state index is 0.0541. The number of piperazine rings is 1. The molecule has 0 aliphatic carbocycles. The van der Waals surface area contributed by atoms with Gasteiger partial charge in [-0.2, -0.15) is 0 Å². The van der Waals surface area contributed by atoms with Crippen molar-refractivity contribution in [1.82, 2.24) is 15.1 Å². The second-order valence-electron chi connectivity index (χ2n) is 8.66. The summed E-state index contributed by atoms with van der Waals surface area (Å²) < 4.78 is 27.8. The smallest absolute Gasteiger partial charge is 0.129 e. The van der Waals surface area contributed by atoms with Crippen molar-refractivity contribution in [3.05, 3.63) is 35.4 Å². The summed E-state index contributed by atoms with van der Waals surface area (Å²) >= 11 is 0. The molecule has 5 heteroatoms. The van der Waals surface area contributed by atoms with Gasteiger partial charge in [0.1, 0.15) is 11.6 Å². The number of benzene rings is 1. The molecule has 2 aliphatic heterocycles. The molecule has 0 saturated carbocycles. The molecule has 0 radical (unpaired) electrons. The van der Waals surface area contributed by atoms with Crippen molar-refractivity contribution in [3.63, 3.8) is 0 Å². The van der Waals surface area contributed by atoms with Crippen molar-refractivity contribution in [2.75, 3.05) is 39.3 Å². The maximum absolute atomic E-state index is 14.5. The largest absolute Gasteiger partial charge is 0.314 e. The number of likely N-dealkylation sites (tertiary alicyclic amines) is 1. The predicted octanol–water partition coefficient (Wildman–Crippen LogP) is 3.07. The van der Waals surface area contributed by atoms with E-state index in [1.807, 2.05) is 0 Å². The van der Waals surface area contributed by atoms with Gasteiger partial charge in [-0.15, -0.1) is 0 Å². The zero-order valence-electron chi connectivity index (χ0n) is 15.9. The van der Waals surface area contributed by atoms with E-state index in [4.69, 9.17) is 0 Å². The molecule has 2 saturated heterocycles. The van der Waals surface area contributed by atoms with E-state index in [1.165, 1.54) is 6.07 Å². The molecule has 0 aromatic heterocycles.